The van der Waals surface area contributed by atoms with Crippen LogP contribution in [0.15, 0.2) is 30.5 Å². The van der Waals surface area contributed by atoms with Gasteiger partial charge in [0.1, 0.15) is 11.6 Å². The van der Waals surface area contributed by atoms with Gasteiger partial charge in [-0.2, -0.15) is 0 Å². The van der Waals surface area contributed by atoms with Gasteiger partial charge in [-0.15, -0.1) is 0 Å². The van der Waals surface area contributed by atoms with Crippen LogP contribution in [0, 0.1) is 0 Å². The van der Waals surface area contributed by atoms with Crippen molar-refractivity contribution >= 4 is 0 Å². The molecule has 0 amide bonds. The average Bonchev–Trinajstić information content (AvgIpc) is 2.74. The van der Waals surface area contributed by atoms with E-state index in [2.05, 4.69) is 40.7 Å². The Balaban J connectivity index is 1.84. The van der Waals surface area contributed by atoms with E-state index in [9.17, 15) is 0 Å². The van der Waals surface area contributed by atoms with Crippen LogP contribution >= 0.6 is 0 Å². The summed E-state index contributed by atoms with van der Waals surface area (Å²) in [6.45, 7) is 4.00. The summed E-state index contributed by atoms with van der Waals surface area (Å²) >= 11 is 0. The van der Waals surface area contributed by atoms with Crippen LogP contribution in [0.2, 0.25) is 0 Å². The standard InChI is InChI=1S/C17H22N2O/c1-2-12-20-15-9-7-14(8-10-15)16-13-18-17-6-4-3-5-11-19(16)17/h7-10,13H,2-6,11-12H2,1H3. The minimum atomic E-state index is 0.779. The van der Waals surface area contributed by atoms with Crippen LogP contribution in [-0.2, 0) is 13.0 Å². The number of nitrogens with zero attached hydrogens (tertiary/aromatic N) is 2. The molecular formula is C17H22N2O. The molecule has 20 heavy (non-hydrogen) atoms. The van der Waals surface area contributed by atoms with Crippen LogP contribution < -0.4 is 4.74 Å². The molecule has 1 aliphatic heterocycles. The normalized spacial score (nSPS) is 14.7. The molecule has 0 aliphatic carbocycles. The Kier molecular flexibility index (Phi) is 4.05. The van der Waals surface area contributed by atoms with Crippen molar-refractivity contribution in [2.24, 2.45) is 0 Å². The van der Waals surface area contributed by atoms with Crippen molar-refractivity contribution in [2.75, 3.05) is 6.61 Å². The van der Waals surface area contributed by atoms with Crippen molar-refractivity contribution in [2.45, 2.75) is 45.6 Å². The third-order valence-electron chi connectivity index (χ3n) is 3.84. The maximum Gasteiger partial charge on any atom is 0.119 e. The van der Waals surface area contributed by atoms with E-state index in [1.807, 2.05) is 6.20 Å². The second-order valence-electron chi connectivity index (χ2n) is 5.39. The molecule has 1 aliphatic rings. The van der Waals surface area contributed by atoms with Crippen LogP contribution in [0.5, 0.6) is 5.75 Å². The summed E-state index contributed by atoms with van der Waals surface area (Å²) in [4.78, 5) is 4.60. The van der Waals surface area contributed by atoms with E-state index in [0.717, 1.165) is 31.7 Å². The number of aryl methyl sites for hydroxylation is 1. The molecule has 0 saturated carbocycles. The molecule has 3 nitrogen and oxygen atoms in total. The monoisotopic (exact) mass is 270 g/mol. The van der Waals surface area contributed by atoms with Gasteiger partial charge in [0.25, 0.3) is 0 Å². The number of benzene rings is 1. The Hall–Kier alpha value is -1.77. The van der Waals surface area contributed by atoms with Gasteiger partial charge in [0.2, 0.25) is 0 Å². The van der Waals surface area contributed by atoms with E-state index in [1.54, 1.807) is 0 Å². The molecule has 1 aromatic heterocycles. The summed E-state index contributed by atoms with van der Waals surface area (Å²) in [6.07, 6.45) is 8.00. The maximum absolute atomic E-state index is 5.64. The van der Waals surface area contributed by atoms with Crippen molar-refractivity contribution in [1.82, 2.24) is 9.55 Å². The van der Waals surface area contributed by atoms with E-state index in [0.29, 0.717) is 0 Å². The maximum atomic E-state index is 5.64. The molecule has 106 valence electrons. The first-order valence-corrected chi connectivity index (χ1v) is 7.66. The molecule has 0 bridgehead atoms. The fourth-order valence-electron chi connectivity index (χ4n) is 2.77. The number of ether oxygens (including phenoxy) is 1. The molecule has 2 aromatic rings. The molecule has 0 N–H and O–H groups in total. The van der Waals surface area contributed by atoms with Crippen molar-refractivity contribution in [3.63, 3.8) is 0 Å². The fourth-order valence-corrected chi connectivity index (χ4v) is 2.77. The highest BCUT2D eigenvalue weighted by molar-refractivity contribution is 5.60. The zero-order chi connectivity index (χ0) is 13.8. The van der Waals surface area contributed by atoms with Crippen LogP contribution in [0.1, 0.15) is 38.4 Å². The van der Waals surface area contributed by atoms with E-state index < -0.39 is 0 Å². The minimum absolute atomic E-state index is 0.779. The highest BCUT2D eigenvalue weighted by atomic mass is 16.5. The molecule has 1 aromatic carbocycles. The summed E-state index contributed by atoms with van der Waals surface area (Å²) in [6, 6.07) is 8.39. The lowest BCUT2D eigenvalue weighted by Gasteiger charge is -2.10. The largest absolute Gasteiger partial charge is 0.494 e. The zero-order valence-corrected chi connectivity index (χ0v) is 12.1. The van der Waals surface area contributed by atoms with Crippen molar-refractivity contribution < 1.29 is 4.74 Å². The van der Waals surface area contributed by atoms with Crippen LogP contribution in [0.25, 0.3) is 11.3 Å². The highest BCUT2D eigenvalue weighted by Gasteiger charge is 2.13. The molecule has 0 saturated heterocycles. The van der Waals surface area contributed by atoms with E-state index in [4.69, 9.17) is 4.74 Å². The topological polar surface area (TPSA) is 27.1 Å². The first kappa shape index (κ1) is 13.2. The first-order chi connectivity index (χ1) is 9.88. The zero-order valence-electron chi connectivity index (χ0n) is 12.1. The number of hydrogen-bond acceptors (Lipinski definition) is 2. The fraction of sp³-hybridized carbons (Fsp3) is 0.471. The lowest BCUT2D eigenvalue weighted by Crippen LogP contribution is -2.02. The highest BCUT2D eigenvalue weighted by Crippen LogP contribution is 2.26. The Morgan fingerprint density at radius 1 is 1.15 bits per heavy atom. The molecule has 0 unspecified atom stereocenters. The Morgan fingerprint density at radius 3 is 2.80 bits per heavy atom. The predicted octanol–water partition coefficient (Wildman–Crippen LogP) is 4.07. The Bertz CT molecular complexity index is 557. The number of fused-ring (bicyclic) bond motifs is 1. The third kappa shape index (κ3) is 2.72. The molecule has 0 radical (unpaired) electrons. The second kappa shape index (κ2) is 6.12. The van der Waals surface area contributed by atoms with E-state index in [1.165, 1.54) is 36.3 Å². The Labute approximate surface area is 120 Å². The SMILES string of the molecule is CCCOc1ccc(-c2cnc3n2CCCCC3)cc1. The molecule has 0 fully saturated rings. The number of rotatable bonds is 4. The summed E-state index contributed by atoms with van der Waals surface area (Å²) in [7, 11) is 0. The summed E-state index contributed by atoms with van der Waals surface area (Å²) in [5, 5.41) is 0. The van der Waals surface area contributed by atoms with E-state index >= 15 is 0 Å². The van der Waals surface area contributed by atoms with Crippen LogP contribution in [-0.4, -0.2) is 16.2 Å². The number of aromatic nitrogens is 2. The van der Waals surface area contributed by atoms with Crippen molar-refractivity contribution in [3.05, 3.63) is 36.3 Å². The molecule has 3 rings (SSSR count). The molecule has 0 atom stereocenters. The number of hydrogen-bond donors (Lipinski definition) is 0. The Morgan fingerprint density at radius 2 is 2.00 bits per heavy atom. The molecule has 0 spiro atoms. The van der Waals surface area contributed by atoms with Gasteiger partial charge in [-0.25, -0.2) is 4.98 Å². The summed E-state index contributed by atoms with van der Waals surface area (Å²) in [5.74, 6) is 2.19. The van der Waals surface area contributed by atoms with Gasteiger partial charge in [0, 0.05) is 18.5 Å². The second-order valence-corrected chi connectivity index (χ2v) is 5.39. The summed E-state index contributed by atoms with van der Waals surface area (Å²) < 4.78 is 8.02. The van der Waals surface area contributed by atoms with Gasteiger partial charge in [-0.05, 0) is 43.5 Å². The van der Waals surface area contributed by atoms with Gasteiger partial charge < -0.3 is 9.30 Å². The number of imidazole rings is 1. The van der Waals surface area contributed by atoms with Crippen molar-refractivity contribution in [1.29, 1.82) is 0 Å². The van der Waals surface area contributed by atoms with Gasteiger partial charge in [0.15, 0.2) is 0 Å². The third-order valence-corrected chi connectivity index (χ3v) is 3.84. The quantitative estimate of drug-likeness (QED) is 0.837. The predicted molar refractivity (Wildman–Crippen MR) is 81.0 cm³/mol. The molecule has 3 heteroatoms. The smallest absolute Gasteiger partial charge is 0.119 e. The van der Waals surface area contributed by atoms with E-state index in [-0.39, 0.29) is 0 Å². The van der Waals surface area contributed by atoms with Gasteiger partial charge in [-0.1, -0.05) is 13.3 Å². The summed E-state index contributed by atoms with van der Waals surface area (Å²) in [5.41, 5.74) is 2.47. The van der Waals surface area contributed by atoms with Crippen LogP contribution in [0.3, 0.4) is 0 Å². The van der Waals surface area contributed by atoms with Crippen LogP contribution in [0.4, 0.5) is 0 Å². The molecular weight excluding hydrogens is 248 g/mol. The van der Waals surface area contributed by atoms with Crippen molar-refractivity contribution in [3.8, 4) is 17.0 Å². The average molecular weight is 270 g/mol. The van der Waals surface area contributed by atoms with Gasteiger partial charge >= 0.3 is 0 Å². The molecule has 2 heterocycles. The minimum Gasteiger partial charge on any atom is -0.494 e. The first-order valence-electron chi connectivity index (χ1n) is 7.66. The lowest BCUT2D eigenvalue weighted by molar-refractivity contribution is 0.317. The van der Waals surface area contributed by atoms with Gasteiger partial charge in [0.05, 0.1) is 18.5 Å². The lowest BCUT2D eigenvalue weighted by atomic mass is 10.1. The van der Waals surface area contributed by atoms with Gasteiger partial charge in [-0.3, -0.25) is 0 Å².